The predicted molar refractivity (Wildman–Crippen MR) is 86.1 cm³/mol. The van der Waals surface area contributed by atoms with Gasteiger partial charge in [-0.3, -0.25) is 0 Å². The second-order valence-corrected chi connectivity index (χ2v) is 6.16. The van der Waals surface area contributed by atoms with Crippen LogP contribution < -0.4 is 15.2 Å². The van der Waals surface area contributed by atoms with Gasteiger partial charge in [-0.15, -0.1) is 0 Å². The number of aromatic nitrogens is 1. The lowest BCUT2D eigenvalue weighted by molar-refractivity contribution is 0.376. The van der Waals surface area contributed by atoms with Crippen LogP contribution >= 0.6 is 0 Å². The summed E-state index contributed by atoms with van der Waals surface area (Å²) in [7, 11) is 3.34. The smallest absolute Gasteiger partial charge is 0.145 e. The molecule has 0 unspecified atom stereocenters. The molecule has 1 heterocycles. The van der Waals surface area contributed by atoms with Crippen molar-refractivity contribution in [1.29, 1.82) is 0 Å². The summed E-state index contributed by atoms with van der Waals surface area (Å²) in [5.74, 6) is 1.59. The van der Waals surface area contributed by atoms with E-state index in [1.165, 1.54) is 5.56 Å². The molecule has 0 radical (unpaired) electrons. The van der Waals surface area contributed by atoms with Gasteiger partial charge in [-0.2, -0.15) is 0 Å². The van der Waals surface area contributed by atoms with Crippen LogP contribution in [0.5, 0.6) is 11.5 Å². The predicted octanol–water partition coefficient (Wildman–Crippen LogP) is 3.09. The maximum Gasteiger partial charge on any atom is 0.145 e. The lowest BCUT2D eigenvalue weighted by atomic mass is 9.84. The highest BCUT2D eigenvalue weighted by molar-refractivity contribution is 5.93. The Bertz CT molecular complexity index is 651. The normalized spacial score (nSPS) is 11.7. The van der Waals surface area contributed by atoms with Crippen molar-refractivity contribution in [2.45, 2.75) is 27.2 Å². The number of methoxy groups -OCH3 is 2. The molecule has 1 aromatic carbocycles. The van der Waals surface area contributed by atoms with Gasteiger partial charge in [0.05, 0.1) is 14.2 Å². The number of fused-ring (bicyclic) bond motifs is 1. The Morgan fingerprint density at radius 2 is 1.76 bits per heavy atom. The topological polar surface area (TPSA) is 57.4 Å². The quantitative estimate of drug-likeness (QED) is 0.918. The number of benzene rings is 1. The lowest BCUT2D eigenvalue weighted by Gasteiger charge is -2.24. The SMILES string of the molecule is COc1ccc(OC)c2c(CC(C)(C)CN)cc(C)nc12. The third kappa shape index (κ3) is 3.10. The van der Waals surface area contributed by atoms with Crippen molar-refractivity contribution in [3.8, 4) is 11.5 Å². The molecular formula is C17H24N2O2. The van der Waals surface area contributed by atoms with Crippen molar-refractivity contribution >= 4 is 10.9 Å². The number of aryl methyl sites for hydroxylation is 1. The Labute approximate surface area is 126 Å². The molecule has 0 fully saturated rings. The number of ether oxygens (including phenoxy) is 2. The van der Waals surface area contributed by atoms with Crippen molar-refractivity contribution in [2.24, 2.45) is 11.1 Å². The molecule has 0 saturated heterocycles. The molecule has 2 aromatic rings. The molecule has 0 aliphatic rings. The van der Waals surface area contributed by atoms with Gasteiger partial charge in [-0.05, 0) is 49.1 Å². The van der Waals surface area contributed by atoms with E-state index in [2.05, 4.69) is 24.9 Å². The highest BCUT2D eigenvalue weighted by atomic mass is 16.5. The summed E-state index contributed by atoms with van der Waals surface area (Å²) in [4.78, 5) is 4.64. The Hall–Kier alpha value is -1.81. The zero-order valence-corrected chi connectivity index (χ0v) is 13.5. The fourth-order valence-corrected chi connectivity index (χ4v) is 2.57. The number of hydrogen-bond donors (Lipinski definition) is 1. The fraction of sp³-hybridized carbons (Fsp3) is 0.471. The van der Waals surface area contributed by atoms with Crippen LogP contribution in [0, 0.1) is 12.3 Å². The van der Waals surface area contributed by atoms with Crippen LogP contribution in [0.2, 0.25) is 0 Å². The molecule has 0 amide bonds. The molecule has 2 N–H and O–H groups in total. The highest BCUT2D eigenvalue weighted by Crippen LogP contribution is 2.36. The average molecular weight is 288 g/mol. The first-order valence-corrected chi connectivity index (χ1v) is 7.13. The minimum atomic E-state index is 0.0226. The van der Waals surface area contributed by atoms with Gasteiger partial charge in [0, 0.05) is 11.1 Å². The molecule has 0 atom stereocenters. The second-order valence-electron chi connectivity index (χ2n) is 6.16. The molecule has 0 bridgehead atoms. The molecule has 4 nitrogen and oxygen atoms in total. The Kier molecular flexibility index (Phi) is 4.37. The van der Waals surface area contributed by atoms with Gasteiger partial charge in [0.2, 0.25) is 0 Å². The van der Waals surface area contributed by atoms with Crippen LogP contribution in [-0.2, 0) is 6.42 Å². The molecule has 114 valence electrons. The van der Waals surface area contributed by atoms with E-state index in [0.29, 0.717) is 6.54 Å². The number of nitrogens with zero attached hydrogens (tertiary/aromatic N) is 1. The van der Waals surface area contributed by atoms with E-state index in [4.69, 9.17) is 15.2 Å². The van der Waals surface area contributed by atoms with Crippen LogP contribution in [-0.4, -0.2) is 25.7 Å². The maximum atomic E-state index is 5.89. The van der Waals surface area contributed by atoms with Gasteiger partial charge >= 0.3 is 0 Å². The Morgan fingerprint density at radius 3 is 2.33 bits per heavy atom. The molecule has 0 aliphatic heterocycles. The summed E-state index contributed by atoms with van der Waals surface area (Å²) in [5.41, 5.74) is 8.93. The van der Waals surface area contributed by atoms with Crippen LogP contribution in [0.1, 0.15) is 25.1 Å². The number of pyridine rings is 1. The van der Waals surface area contributed by atoms with E-state index in [1.807, 2.05) is 19.1 Å². The standard InChI is InChI=1S/C17H24N2O2/c1-11-8-12(9-17(2,3)10-18)15-13(20-4)6-7-14(21-5)16(15)19-11/h6-8H,9-10,18H2,1-5H3. The molecule has 2 rings (SSSR count). The van der Waals surface area contributed by atoms with Crippen LogP contribution in [0.15, 0.2) is 18.2 Å². The first kappa shape index (κ1) is 15.6. The first-order valence-electron chi connectivity index (χ1n) is 7.13. The van der Waals surface area contributed by atoms with Crippen molar-refractivity contribution in [3.63, 3.8) is 0 Å². The molecule has 1 aromatic heterocycles. The monoisotopic (exact) mass is 288 g/mol. The van der Waals surface area contributed by atoms with E-state index in [1.54, 1.807) is 14.2 Å². The van der Waals surface area contributed by atoms with E-state index in [0.717, 1.165) is 34.5 Å². The van der Waals surface area contributed by atoms with Crippen molar-refractivity contribution < 1.29 is 9.47 Å². The number of nitrogens with two attached hydrogens (primary N) is 1. The molecule has 0 aliphatic carbocycles. The van der Waals surface area contributed by atoms with Gasteiger partial charge in [0.25, 0.3) is 0 Å². The van der Waals surface area contributed by atoms with Gasteiger partial charge in [-0.25, -0.2) is 4.98 Å². The lowest BCUT2D eigenvalue weighted by Crippen LogP contribution is -2.26. The summed E-state index contributed by atoms with van der Waals surface area (Å²) >= 11 is 0. The van der Waals surface area contributed by atoms with Gasteiger partial charge in [0.15, 0.2) is 0 Å². The van der Waals surface area contributed by atoms with E-state index >= 15 is 0 Å². The third-order valence-corrected chi connectivity index (χ3v) is 3.76. The average Bonchev–Trinajstić information content (AvgIpc) is 2.45. The van der Waals surface area contributed by atoms with E-state index < -0.39 is 0 Å². The van der Waals surface area contributed by atoms with Crippen LogP contribution in [0.4, 0.5) is 0 Å². The fourth-order valence-electron chi connectivity index (χ4n) is 2.57. The van der Waals surface area contributed by atoms with E-state index in [9.17, 15) is 0 Å². The molecule has 0 spiro atoms. The summed E-state index contributed by atoms with van der Waals surface area (Å²) < 4.78 is 11.0. The van der Waals surface area contributed by atoms with Crippen molar-refractivity contribution in [3.05, 3.63) is 29.5 Å². The third-order valence-electron chi connectivity index (χ3n) is 3.76. The second kappa shape index (κ2) is 5.90. The minimum Gasteiger partial charge on any atom is -0.496 e. The summed E-state index contributed by atoms with van der Waals surface area (Å²) in [6.45, 7) is 6.96. The molecule has 0 saturated carbocycles. The van der Waals surface area contributed by atoms with Crippen LogP contribution in [0.25, 0.3) is 10.9 Å². The number of hydrogen-bond acceptors (Lipinski definition) is 4. The van der Waals surface area contributed by atoms with Gasteiger partial charge in [0.1, 0.15) is 17.0 Å². The highest BCUT2D eigenvalue weighted by Gasteiger charge is 2.21. The maximum absolute atomic E-state index is 5.89. The zero-order chi connectivity index (χ0) is 15.6. The zero-order valence-electron chi connectivity index (χ0n) is 13.5. The molecule has 4 heteroatoms. The summed E-state index contributed by atoms with van der Waals surface area (Å²) in [6.07, 6.45) is 0.868. The summed E-state index contributed by atoms with van der Waals surface area (Å²) in [5, 5.41) is 1.02. The Morgan fingerprint density at radius 1 is 1.14 bits per heavy atom. The summed E-state index contributed by atoms with van der Waals surface area (Å²) in [6, 6.07) is 5.93. The van der Waals surface area contributed by atoms with Crippen molar-refractivity contribution in [2.75, 3.05) is 20.8 Å². The molecular weight excluding hydrogens is 264 g/mol. The van der Waals surface area contributed by atoms with Gasteiger partial charge < -0.3 is 15.2 Å². The van der Waals surface area contributed by atoms with Crippen molar-refractivity contribution in [1.82, 2.24) is 4.98 Å². The van der Waals surface area contributed by atoms with Gasteiger partial charge in [-0.1, -0.05) is 13.8 Å². The first-order chi connectivity index (χ1) is 9.91. The van der Waals surface area contributed by atoms with E-state index in [-0.39, 0.29) is 5.41 Å². The largest absolute Gasteiger partial charge is 0.496 e. The number of rotatable bonds is 5. The Balaban J connectivity index is 2.74. The van der Waals surface area contributed by atoms with Crippen LogP contribution in [0.3, 0.4) is 0 Å². The minimum absolute atomic E-state index is 0.0226. The molecule has 21 heavy (non-hydrogen) atoms.